The maximum Gasteiger partial charge on any atom is 0.234 e. The minimum Gasteiger partial charge on any atom is -0.495 e. The molecule has 3 rings (SSSR count). The maximum absolute atomic E-state index is 13.2. The normalized spacial score (nSPS) is 10.5. The molecule has 1 N–H and O–H groups in total. The van der Waals surface area contributed by atoms with Gasteiger partial charge in [-0.2, -0.15) is 0 Å². The molecule has 0 aliphatic carbocycles. The number of anilines is 1. The van der Waals surface area contributed by atoms with E-state index in [9.17, 15) is 9.18 Å². The molecule has 2 aromatic carbocycles. The first-order valence-corrected chi connectivity index (χ1v) is 10.5. The monoisotopic (exact) mass is 462 g/mol. The fourth-order valence-corrected chi connectivity index (χ4v) is 3.63. The van der Waals surface area contributed by atoms with E-state index in [4.69, 9.17) is 21.1 Å². The fraction of sp³-hybridized carbons (Fsp3) is 0.190. The van der Waals surface area contributed by atoms with Crippen LogP contribution in [0.1, 0.15) is 5.82 Å². The molecule has 0 radical (unpaired) electrons. The Morgan fingerprint density at radius 3 is 2.84 bits per heavy atom. The summed E-state index contributed by atoms with van der Waals surface area (Å²) in [6.45, 7) is 4.25. The first-order chi connectivity index (χ1) is 15.0. The summed E-state index contributed by atoms with van der Waals surface area (Å²) in [5.74, 6) is 0.901. The summed E-state index contributed by atoms with van der Waals surface area (Å²) in [6.07, 6.45) is 1.69. The number of methoxy groups -OCH3 is 1. The summed E-state index contributed by atoms with van der Waals surface area (Å²) >= 11 is 7.23. The van der Waals surface area contributed by atoms with Gasteiger partial charge in [0, 0.05) is 6.54 Å². The molecular weight excluding hydrogens is 443 g/mol. The summed E-state index contributed by atoms with van der Waals surface area (Å²) in [5, 5.41) is 11.8. The zero-order chi connectivity index (χ0) is 22.2. The molecule has 3 aromatic rings. The van der Waals surface area contributed by atoms with Crippen LogP contribution in [0.2, 0.25) is 5.02 Å². The van der Waals surface area contributed by atoms with Crippen LogP contribution < -0.4 is 14.8 Å². The average Bonchev–Trinajstić information content (AvgIpc) is 3.14. The molecule has 1 amide bonds. The Bertz CT molecular complexity index is 1080. The van der Waals surface area contributed by atoms with Crippen molar-refractivity contribution in [2.24, 2.45) is 0 Å². The minimum absolute atomic E-state index is 0.0696. The fourth-order valence-electron chi connectivity index (χ4n) is 2.64. The highest BCUT2D eigenvalue weighted by Crippen LogP contribution is 2.27. The second-order valence-corrected chi connectivity index (χ2v) is 7.55. The second-order valence-electron chi connectivity index (χ2n) is 6.20. The van der Waals surface area contributed by atoms with E-state index in [-0.39, 0.29) is 23.3 Å². The lowest BCUT2D eigenvalue weighted by molar-refractivity contribution is -0.113. The van der Waals surface area contributed by atoms with Crippen molar-refractivity contribution in [2.45, 2.75) is 18.3 Å². The number of halogens is 2. The van der Waals surface area contributed by atoms with Gasteiger partial charge in [-0.15, -0.1) is 16.8 Å². The van der Waals surface area contributed by atoms with Crippen molar-refractivity contribution in [3.8, 4) is 11.5 Å². The Balaban J connectivity index is 1.64. The van der Waals surface area contributed by atoms with E-state index >= 15 is 0 Å². The molecule has 1 heterocycles. The molecule has 0 aliphatic rings. The van der Waals surface area contributed by atoms with Gasteiger partial charge in [0.1, 0.15) is 23.9 Å². The molecule has 0 fully saturated rings. The first-order valence-electron chi connectivity index (χ1n) is 9.18. The first kappa shape index (κ1) is 22.6. The molecule has 0 bridgehead atoms. The molecule has 0 unspecified atom stereocenters. The SMILES string of the molecule is C=CCn1c(COc2ccc(F)cc2Cl)nnc1SCC(=O)Nc1ccccc1OC. The number of nitrogens with zero attached hydrogens (tertiary/aromatic N) is 3. The predicted octanol–water partition coefficient (Wildman–Crippen LogP) is 4.58. The van der Waals surface area contributed by atoms with E-state index in [1.807, 2.05) is 12.1 Å². The number of hydrogen-bond acceptors (Lipinski definition) is 6. The van der Waals surface area contributed by atoms with Crippen molar-refractivity contribution >= 4 is 35.0 Å². The number of rotatable bonds is 10. The van der Waals surface area contributed by atoms with Crippen molar-refractivity contribution in [1.29, 1.82) is 0 Å². The summed E-state index contributed by atoms with van der Waals surface area (Å²) in [5.41, 5.74) is 0.591. The molecule has 1 aromatic heterocycles. The van der Waals surface area contributed by atoms with Gasteiger partial charge in [0.05, 0.1) is 23.6 Å². The molecule has 0 spiro atoms. The summed E-state index contributed by atoms with van der Waals surface area (Å²) in [7, 11) is 1.54. The van der Waals surface area contributed by atoms with Crippen molar-refractivity contribution in [1.82, 2.24) is 14.8 Å². The van der Waals surface area contributed by atoms with Crippen LogP contribution in [0, 0.1) is 5.82 Å². The van der Waals surface area contributed by atoms with Crippen LogP contribution in [0.25, 0.3) is 0 Å². The molecule has 0 saturated carbocycles. The van der Waals surface area contributed by atoms with Crippen LogP contribution in [0.15, 0.2) is 60.3 Å². The number of ether oxygens (including phenoxy) is 2. The number of nitrogens with one attached hydrogen (secondary N) is 1. The van der Waals surface area contributed by atoms with E-state index < -0.39 is 5.82 Å². The van der Waals surface area contributed by atoms with E-state index in [2.05, 4.69) is 22.1 Å². The number of benzene rings is 2. The van der Waals surface area contributed by atoms with Crippen molar-refractivity contribution in [2.75, 3.05) is 18.2 Å². The zero-order valence-electron chi connectivity index (χ0n) is 16.7. The third kappa shape index (κ3) is 5.99. The van der Waals surface area contributed by atoms with E-state index in [1.54, 1.807) is 29.9 Å². The van der Waals surface area contributed by atoms with Gasteiger partial charge >= 0.3 is 0 Å². The van der Waals surface area contributed by atoms with Crippen LogP contribution in [-0.4, -0.2) is 33.5 Å². The number of thioether (sulfide) groups is 1. The third-order valence-corrected chi connectivity index (χ3v) is 5.33. The number of aromatic nitrogens is 3. The molecule has 31 heavy (non-hydrogen) atoms. The predicted molar refractivity (Wildman–Crippen MR) is 118 cm³/mol. The summed E-state index contributed by atoms with van der Waals surface area (Å²) < 4.78 is 25.9. The second kappa shape index (κ2) is 10.8. The van der Waals surface area contributed by atoms with Gasteiger partial charge in [-0.1, -0.05) is 41.6 Å². The number of hydrogen-bond donors (Lipinski definition) is 1. The number of allylic oxidation sites excluding steroid dienone is 1. The topological polar surface area (TPSA) is 78.3 Å². The largest absolute Gasteiger partial charge is 0.495 e. The lowest BCUT2D eigenvalue weighted by atomic mass is 10.3. The highest BCUT2D eigenvalue weighted by Gasteiger charge is 2.15. The van der Waals surface area contributed by atoms with Gasteiger partial charge in [-0.25, -0.2) is 4.39 Å². The van der Waals surface area contributed by atoms with Gasteiger partial charge in [0.25, 0.3) is 0 Å². The Hall–Kier alpha value is -3.04. The van der Waals surface area contributed by atoms with Crippen LogP contribution >= 0.6 is 23.4 Å². The molecule has 10 heteroatoms. The van der Waals surface area contributed by atoms with Gasteiger partial charge in [0.15, 0.2) is 11.0 Å². The number of carbonyl (C=O) groups excluding carboxylic acids is 1. The highest BCUT2D eigenvalue weighted by molar-refractivity contribution is 7.99. The van der Waals surface area contributed by atoms with Crippen LogP contribution in [0.5, 0.6) is 11.5 Å². The number of amides is 1. The van der Waals surface area contributed by atoms with Crippen LogP contribution in [0.3, 0.4) is 0 Å². The van der Waals surface area contributed by atoms with Gasteiger partial charge < -0.3 is 14.8 Å². The smallest absolute Gasteiger partial charge is 0.234 e. The highest BCUT2D eigenvalue weighted by atomic mass is 35.5. The Morgan fingerprint density at radius 2 is 2.10 bits per heavy atom. The van der Waals surface area contributed by atoms with Gasteiger partial charge in [-0.05, 0) is 30.3 Å². The lowest BCUT2D eigenvalue weighted by Gasteiger charge is -2.11. The summed E-state index contributed by atoms with van der Waals surface area (Å²) in [6, 6.07) is 11.0. The van der Waals surface area contributed by atoms with Crippen molar-refractivity contribution < 1.29 is 18.7 Å². The molecule has 0 saturated heterocycles. The number of carbonyl (C=O) groups is 1. The third-order valence-electron chi connectivity index (χ3n) is 4.07. The molecule has 162 valence electrons. The van der Waals surface area contributed by atoms with E-state index in [0.717, 1.165) is 0 Å². The zero-order valence-corrected chi connectivity index (χ0v) is 18.3. The van der Waals surface area contributed by atoms with E-state index in [0.29, 0.717) is 34.7 Å². The lowest BCUT2D eigenvalue weighted by Crippen LogP contribution is -2.15. The Labute approximate surface area is 188 Å². The van der Waals surface area contributed by atoms with Crippen molar-refractivity contribution in [3.05, 3.63) is 71.8 Å². The van der Waals surface area contributed by atoms with Crippen molar-refractivity contribution in [3.63, 3.8) is 0 Å². The Morgan fingerprint density at radius 1 is 1.29 bits per heavy atom. The standard InChI is InChI=1S/C21H20ClFN4O3S/c1-3-10-27-19(12-30-17-9-8-14(23)11-15(17)22)25-26-21(27)31-13-20(28)24-16-6-4-5-7-18(16)29-2/h3-9,11H,1,10,12-13H2,2H3,(H,24,28). The number of para-hydroxylation sites is 2. The van der Waals surface area contributed by atoms with Crippen LogP contribution in [-0.2, 0) is 17.9 Å². The molecule has 0 atom stereocenters. The average molecular weight is 463 g/mol. The quantitative estimate of drug-likeness (QED) is 0.351. The minimum atomic E-state index is -0.447. The van der Waals surface area contributed by atoms with Gasteiger partial charge in [-0.3, -0.25) is 9.36 Å². The molecule has 0 aliphatic heterocycles. The van der Waals surface area contributed by atoms with Crippen LogP contribution in [0.4, 0.5) is 10.1 Å². The van der Waals surface area contributed by atoms with Gasteiger partial charge in [0.2, 0.25) is 5.91 Å². The maximum atomic E-state index is 13.2. The molecule has 7 nitrogen and oxygen atoms in total. The summed E-state index contributed by atoms with van der Waals surface area (Å²) in [4.78, 5) is 12.4. The molecular formula is C21H20ClFN4O3S. The van der Waals surface area contributed by atoms with E-state index in [1.165, 1.54) is 30.0 Å². The Kier molecular flexibility index (Phi) is 7.91.